The highest BCUT2D eigenvalue weighted by Gasteiger charge is 2.16. The number of hydrogen-bond acceptors (Lipinski definition) is 7. The van der Waals surface area contributed by atoms with E-state index in [0.717, 1.165) is 17.8 Å². The minimum atomic E-state index is -0.567. The van der Waals surface area contributed by atoms with Gasteiger partial charge in [0.25, 0.3) is 0 Å². The molecule has 3 aromatic heterocycles. The van der Waals surface area contributed by atoms with Crippen LogP contribution in [-0.2, 0) is 6.42 Å². The van der Waals surface area contributed by atoms with Gasteiger partial charge in [0.05, 0.1) is 41.2 Å². The third kappa shape index (κ3) is 4.48. The second-order valence-corrected chi connectivity index (χ2v) is 7.02. The Labute approximate surface area is 168 Å². The van der Waals surface area contributed by atoms with Gasteiger partial charge in [0.15, 0.2) is 17.5 Å². The molecule has 0 aliphatic heterocycles. The number of rotatable bonds is 7. The monoisotopic (exact) mass is 394 g/mol. The van der Waals surface area contributed by atoms with Crippen LogP contribution in [0.15, 0.2) is 30.7 Å². The van der Waals surface area contributed by atoms with Gasteiger partial charge in [0, 0.05) is 6.04 Å². The van der Waals surface area contributed by atoms with Crippen LogP contribution in [0.1, 0.15) is 39.0 Å². The van der Waals surface area contributed by atoms with Crippen molar-refractivity contribution in [2.45, 2.75) is 40.2 Å². The molecule has 0 saturated carbocycles. The summed E-state index contributed by atoms with van der Waals surface area (Å²) < 4.78 is 16.0. The summed E-state index contributed by atoms with van der Waals surface area (Å²) in [6.07, 6.45) is 5.68. The molecule has 8 nitrogen and oxygen atoms in total. The van der Waals surface area contributed by atoms with E-state index in [1.54, 1.807) is 23.3 Å². The first-order valence-corrected chi connectivity index (χ1v) is 9.42. The Bertz CT molecular complexity index is 1020. The minimum Gasteiger partial charge on any atom is -0.365 e. The second-order valence-electron chi connectivity index (χ2n) is 7.02. The quantitative estimate of drug-likeness (QED) is 0.627. The molecular weight excluding hydrogens is 371 g/mol. The Morgan fingerprint density at radius 1 is 1.24 bits per heavy atom. The lowest BCUT2D eigenvalue weighted by Crippen LogP contribution is -2.23. The van der Waals surface area contributed by atoms with E-state index >= 15 is 0 Å². The van der Waals surface area contributed by atoms with Gasteiger partial charge in [-0.15, -0.1) is 5.10 Å². The first kappa shape index (κ1) is 20.2. The van der Waals surface area contributed by atoms with Crippen LogP contribution >= 0.6 is 0 Å². The third-order valence-corrected chi connectivity index (χ3v) is 4.68. The van der Waals surface area contributed by atoms with Gasteiger partial charge in [0.1, 0.15) is 6.07 Å². The number of hydrogen-bond donors (Lipinski definition) is 2. The SMILES string of the molecule is CCc1ncc(Nc2nc(NC(C)C(C)C)c(F)cc2C#N)cc1-n1ccnn1. The van der Waals surface area contributed by atoms with Gasteiger partial charge >= 0.3 is 0 Å². The summed E-state index contributed by atoms with van der Waals surface area (Å²) in [4.78, 5) is 8.78. The lowest BCUT2D eigenvalue weighted by Gasteiger charge is -2.19. The van der Waals surface area contributed by atoms with Crippen molar-refractivity contribution in [3.05, 3.63) is 47.8 Å². The average molecular weight is 394 g/mol. The topological polar surface area (TPSA) is 104 Å². The summed E-state index contributed by atoms with van der Waals surface area (Å²) in [5.41, 5.74) is 2.32. The third-order valence-electron chi connectivity index (χ3n) is 4.68. The molecule has 150 valence electrons. The van der Waals surface area contributed by atoms with Crippen molar-refractivity contribution < 1.29 is 4.39 Å². The molecule has 0 aromatic carbocycles. The number of aromatic nitrogens is 5. The molecule has 0 fully saturated rings. The molecule has 29 heavy (non-hydrogen) atoms. The molecule has 0 spiro atoms. The molecule has 0 aliphatic rings. The molecule has 0 saturated heterocycles. The summed E-state index contributed by atoms with van der Waals surface area (Å²) >= 11 is 0. The number of halogens is 1. The maximum atomic E-state index is 14.4. The second kappa shape index (κ2) is 8.65. The number of nitriles is 1. The zero-order valence-corrected chi connectivity index (χ0v) is 16.8. The summed E-state index contributed by atoms with van der Waals surface area (Å²) in [6.45, 7) is 8.02. The number of pyridine rings is 2. The van der Waals surface area contributed by atoms with Crippen LogP contribution in [0.25, 0.3) is 5.69 Å². The largest absolute Gasteiger partial charge is 0.365 e. The van der Waals surface area contributed by atoms with E-state index in [1.807, 2.05) is 39.8 Å². The normalized spacial score (nSPS) is 11.9. The van der Waals surface area contributed by atoms with E-state index in [-0.39, 0.29) is 23.2 Å². The maximum absolute atomic E-state index is 14.4. The van der Waals surface area contributed by atoms with Gasteiger partial charge < -0.3 is 10.6 Å². The van der Waals surface area contributed by atoms with E-state index in [9.17, 15) is 9.65 Å². The number of nitrogens with one attached hydrogen (secondary N) is 2. The van der Waals surface area contributed by atoms with Gasteiger partial charge in [-0.05, 0) is 31.4 Å². The first-order chi connectivity index (χ1) is 13.9. The predicted molar refractivity (Wildman–Crippen MR) is 109 cm³/mol. The molecule has 3 heterocycles. The van der Waals surface area contributed by atoms with Crippen molar-refractivity contribution in [2.75, 3.05) is 10.6 Å². The van der Waals surface area contributed by atoms with Crippen molar-refractivity contribution in [3.63, 3.8) is 0 Å². The van der Waals surface area contributed by atoms with E-state index in [1.165, 1.54) is 6.07 Å². The van der Waals surface area contributed by atoms with Gasteiger partial charge in [-0.2, -0.15) is 5.26 Å². The molecule has 3 aromatic rings. The molecule has 0 bridgehead atoms. The smallest absolute Gasteiger partial charge is 0.166 e. The van der Waals surface area contributed by atoms with Gasteiger partial charge in [-0.25, -0.2) is 14.1 Å². The van der Waals surface area contributed by atoms with E-state index in [2.05, 4.69) is 30.9 Å². The average Bonchev–Trinajstić information content (AvgIpc) is 3.24. The fourth-order valence-electron chi connectivity index (χ4n) is 2.65. The fourth-order valence-corrected chi connectivity index (χ4v) is 2.65. The lowest BCUT2D eigenvalue weighted by atomic mass is 10.1. The summed E-state index contributed by atoms with van der Waals surface area (Å²) in [7, 11) is 0. The predicted octanol–water partition coefficient (Wildman–Crippen LogP) is 3.83. The highest BCUT2D eigenvalue weighted by atomic mass is 19.1. The van der Waals surface area contributed by atoms with Crippen LogP contribution in [0.3, 0.4) is 0 Å². The minimum absolute atomic E-state index is 0.0159. The van der Waals surface area contributed by atoms with Gasteiger partial charge in [0.2, 0.25) is 0 Å². The molecular formula is C20H23FN8. The van der Waals surface area contributed by atoms with Crippen molar-refractivity contribution in [1.29, 1.82) is 5.26 Å². The maximum Gasteiger partial charge on any atom is 0.166 e. The van der Waals surface area contributed by atoms with Crippen molar-refractivity contribution in [1.82, 2.24) is 25.0 Å². The standard InChI is InChI=1S/C20H23FN8/c1-5-17-18(29-7-6-24-28-29)9-15(11-23-17)26-19-14(10-22)8-16(21)20(27-19)25-13(4)12(2)3/h6-9,11-13H,5H2,1-4H3,(H2,25,26,27). The van der Waals surface area contributed by atoms with E-state index in [0.29, 0.717) is 11.6 Å². The molecule has 1 atom stereocenters. The molecule has 1 unspecified atom stereocenters. The molecule has 2 N–H and O–H groups in total. The summed E-state index contributed by atoms with van der Waals surface area (Å²) in [5, 5.41) is 23.4. The van der Waals surface area contributed by atoms with Crippen LogP contribution in [0.4, 0.5) is 21.7 Å². The fraction of sp³-hybridized carbons (Fsp3) is 0.350. The molecule has 0 amide bonds. The Morgan fingerprint density at radius 3 is 2.66 bits per heavy atom. The zero-order chi connectivity index (χ0) is 21.0. The van der Waals surface area contributed by atoms with Crippen molar-refractivity contribution in [3.8, 4) is 11.8 Å². The Hall–Kier alpha value is -3.54. The zero-order valence-electron chi connectivity index (χ0n) is 16.8. The molecule has 0 aliphatic carbocycles. The Morgan fingerprint density at radius 2 is 2.03 bits per heavy atom. The van der Waals surface area contributed by atoms with Crippen LogP contribution in [0, 0.1) is 23.1 Å². The lowest BCUT2D eigenvalue weighted by molar-refractivity contribution is 0.549. The first-order valence-electron chi connectivity index (χ1n) is 9.42. The molecule has 0 radical (unpaired) electrons. The van der Waals surface area contributed by atoms with Crippen molar-refractivity contribution >= 4 is 17.3 Å². The summed E-state index contributed by atoms with van der Waals surface area (Å²) in [6, 6.07) is 5.02. The number of nitrogens with zero attached hydrogens (tertiary/aromatic N) is 6. The highest BCUT2D eigenvalue weighted by molar-refractivity contribution is 5.66. The van der Waals surface area contributed by atoms with Gasteiger partial charge in [-0.1, -0.05) is 26.0 Å². The Kier molecular flexibility index (Phi) is 6.02. The number of aryl methyl sites for hydroxylation is 1. The van der Waals surface area contributed by atoms with Gasteiger partial charge in [-0.3, -0.25) is 4.98 Å². The van der Waals surface area contributed by atoms with Crippen LogP contribution in [0.2, 0.25) is 0 Å². The van der Waals surface area contributed by atoms with Crippen molar-refractivity contribution in [2.24, 2.45) is 5.92 Å². The number of anilines is 3. The van der Waals surface area contributed by atoms with Crippen LogP contribution in [-0.4, -0.2) is 31.0 Å². The van der Waals surface area contributed by atoms with Crippen LogP contribution < -0.4 is 10.6 Å². The Balaban J connectivity index is 1.97. The molecule has 3 rings (SSSR count). The van der Waals surface area contributed by atoms with Crippen LogP contribution in [0.5, 0.6) is 0 Å². The van der Waals surface area contributed by atoms with E-state index in [4.69, 9.17) is 0 Å². The molecule has 9 heteroatoms. The highest BCUT2D eigenvalue weighted by Crippen LogP contribution is 2.26. The summed E-state index contributed by atoms with van der Waals surface area (Å²) in [5.74, 6) is 0.0759. The van der Waals surface area contributed by atoms with E-state index < -0.39 is 5.82 Å².